The van der Waals surface area contributed by atoms with E-state index in [-0.39, 0.29) is 18.1 Å². The Labute approximate surface area is 234 Å². The van der Waals surface area contributed by atoms with Gasteiger partial charge in [0.05, 0.1) is 4.88 Å². The van der Waals surface area contributed by atoms with E-state index >= 15 is 0 Å². The van der Waals surface area contributed by atoms with Crippen LogP contribution >= 0.6 is 11.3 Å². The van der Waals surface area contributed by atoms with Crippen molar-refractivity contribution >= 4 is 33.0 Å². The average Bonchev–Trinajstić information content (AvgIpc) is 3.39. The first-order chi connectivity index (χ1) is 19.1. The highest BCUT2D eigenvalue weighted by Gasteiger charge is 2.23. The molecular weight excluding hydrogens is 504 g/mol. The molecule has 1 N–H and O–H groups in total. The van der Waals surface area contributed by atoms with Crippen LogP contribution in [0, 0.1) is 6.92 Å². The Kier molecular flexibility index (Phi) is 7.79. The van der Waals surface area contributed by atoms with E-state index in [9.17, 15) is 4.79 Å². The molecule has 39 heavy (non-hydrogen) atoms. The topological polar surface area (TPSA) is 57.7 Å². The Morgan fingerprint density at radius 3 is 2.44 bits per heavy atom. The van der Waals surface area contributed by atoms with Gasteiger partial charge >= 0.3 is 0 Å². The molecule has 2 aliphatic rings. The molecule has 1 amide bonds. The van der Waals surface area contributed by atoms with Crippen LogP contribution in [-0.2, 0) is 6.54 Å². The summed E-state index contributed by atoms with van der Waals surface area (Å²) in [5, 5.41) is 4.38. The number of pyridine rings is 1. The molecule has 7 heteroatoms. The highest BCUT2D eigenvalue weighted by atomic mass is 32.1. The molecule has 202 valence electrons. The number of anilines is 1. The SMILES string of the molecule is Cc1ccc(N2CCC(Oc3ccc4cc(C(=O)NC5CCN(Cc6ccncc6)CC5)sc4c3)CC2)cc1. The van der Waals surface area contributed by atoms with Crippen molar-refractivity contribution in [3.05, 3.63) is 89.1 Å². The van der Waals surface area contributed by atoms with E-state index in [0.29, 0.717) is 0 Å². The number of carbonyl (C=O) groups excluding carboxylic acids is 1. The van der Waals surface area contributed by atoms with Crippen LogP contribution in [0.3, 0.4) is 0 Å². The van der Waals surface area contributed by atoms with Gasteiger partial charge in [-0.05, 0) is 79.2 Å². The molecular formula is C32H36N4O2S. The average molecular weight is 541 g/mol. The molecule has 0 spiro atoms. The van der Waals surface area contributed by atoms with Gasteiger partial charge in [0.15, 0.2) is 0 Å². The van der Waals surface area contributed by atoms with Gasteiger partial charge in [-0.1, -0.05) is 17.7 Å². The van der Waals surface area contributed by atoms with Crippen LogP contribution in [0.15, 0.2) is 73.1 Å². The fraction of sp³-hybridized carbons (Fsp3) is 0.375. The number of piperidine rings is 2. The Morgan fingerprint density at radius 1 is 0.949 bits per heavy atom. The summed E-state index contributed by atoms with van der Waals surface area (Å²) in [6, 6.07) is 21.4. The van der Waals surface area contributed by atoms with E-state index in [1.165, 1.54) is 16.8 Å². The van der Waals surface area contributed by atoms with Crippen molar-refractivity contribution in [3.63, 3.8) is 0 Å². The smallest absolute Gasteiger partial charge is 0.261 e. The molecule has 0 radical (unpaired) electrons. The van der Waals surface area contributed by atoms with E-state index in [1.54, 1.807) is 11.3 Å². The number of rotatable bonds is 7. The van der Waals surface area contributed by atoms with Gasteiger partial charge in [-0.3, -0.25) is 14.7 Å². The van der Waals surface area contributed by atoms with Crippen molar-refractivity contribution in [2.75, 3.05) is 31.1 Å². The summed E-state index contributed by atoms with van der Waals surface area (Å²) in [5.41, 5.74) is 3.87. The second-order valence-electron chi connectivity index (χ2n) is 10.8. The van der Waals surface area contributed by atoms with Crippen LogP contribution in [0.2, 0.25) is 0 Å². The first-order valence-electron chi connectivity index (χ1n) is 14.0. The highest BCUT2D eigenvalue weighted by molar-refractivity contribution is 7.20. The lowest BCUT2D eigenvalue weighted by atomic mass is 10.0. The minimum absolute atomic E-state index is 0.0368. The predicted octanol–water partition coefficient (Wildman–Crippen LogP) is 6.05. The quantitative estimate of drug-likeness (QED) is 0.309. The number of fused-ring (bicyclic) bond motifs is 1. The normalized spacial score (nSPS) is 17.4. The summed E-state index contributed by atoms with van der Waals surface area (Å²) in [4.78, 5) is 22.8. The van der Waals surface area contributed by atoms with E-state index < -0.39 is 0 Å². The molecule has 2 aromatic carbocycles. The molecule has 0 bridgehead atoms. The number of hydrogen-bond acceptors (Lipinski definition) is 6. The molecule has 2 saturated heterocycles. The van der Waals surface area contributed by atoms with Crippen LogP contribution in [0.5, 0.6) is 5.75 Å². The number of aryl methyl sites for hydroxylation is 1. The minimum Gasteiger partial charge on any atom is -0.490 e. The number of hydrogen-bond donors (Lipinski definition) is 1. The number of thiophene rings is 1. The van der Waals surface area contributed by atoms with Gasteiger partial charge in [0, 0.05) is 74.4 Å². The van der Waals surface area contributed by atoms with Gasteiger partial charge in [-0.25, -0.2) is 0 Å². The summed E-state index contributed by atoms with van der Waals surface area (Å²) in [5.74, 6) is 0.932. The molecule has 0 saturated carbocycles. The Bertz CT molecular complexity index is 1390. The van der Waals surface area contributed by atoms with Gasteiger partial charge < -0.3 is 15.0 Å². The number of likely N-dealkylation sites (tertiary alicyclic amines) is 1. The maximum absolute atomic E-state index is 13.1. The van der Waals surface area contributed by atoms with E-state index in [1.807, 2.05) is 24.5 Å². The van der Waals surface area contributed by atoms with Gasteiger partial charge in [0.25, 0.3) is 5.91 Å². The highest BCUT2D eigenvalue weighted by Crippen LogP contribution is 2.31. The predicted molar refractivity (Wildman–Crippen MR) is 159 cm³/mol. The molecule has 6 rings (SSSR count). The third-order valence-corrected chi connectivity index (χ3v) is 9.03. The molecule has 2 aliphatic heterocycles. The van der Waals surface area contributed by atoms with Crippen LogP contribution in [0.4, 0.5) is 5.69 Å². The summed E-state index contributed by atoms with van der Waals surface area (Å²) >= 11 is 1.55. The number of nitrogens with zero attached hydrogens (tertiary/aromatic N) is 3. The van der Waals surface area contributed by atoms with Crippen LogP contribution in [0.25, 0.3) is 10.1 Å². The molecule has 0 aliphatic carbocycles. The maximum Gasteiger partial charge on any atom is 0.261 e. The van der Waals surface area contributed by atoms with Crippen LogP contribution < -0.4 is 15.0 Å². The van der Waals surface area contributed by atoms with E-state index in [2.05, 4.69) is 75.6 Å². The second-order valence-corrected chi connectivity index (χ2v) is 11.9. The molecule has 4 aromatic rings. The largest absolute Gasteiger partial charge is 0.490 e. The van der Waals surface area contributed by atoms with Crippen molar-refractivity contribution in [2.24, 2.45) is 0 Å². The number of aromatic nitrogens is 1. The third-order valence-electron chi connectivity index (χ3n) is 7.94. The lowest BCUT2D eigenvalue weighted by Gasteiger charge is -2.33. The van der Waals surface area contributed by atoms with Gasteiger partial charge in [0.1, 0.15) is 11.9 Å². The zero-order valence-electron chi connectivity index (χ0n) is 22.5. The summed E-state index contributed by atoms with van der Waals surface area (Å²) in [6.07, 6.45) is 7.87. The van der Waals surface area contributed by atoms with Crippen molar-refractivity contribution in [1.29, 1.82) is 0 Å². The van der Waals surface area contributed by atoms with E-state index in [4.69, 9.17) is 4.74 Å². The molecule has 6 nitrogen and oxygen atoms in total. The molecule has 4 heterocycles. The Hall–Kier alpha value is -3.42. The van der Waals surface area contributed by atoms with Crippen molar-refractivity contribution < 1.29 is 9.53 Å². The van der Waals surface area contributed by atoms with Crippen LogP contribution in [-0.4, -0.2) is 54.1 Å². The number of benzene rings is 2. The lowest BCUT2D eigenvalue weighted by Crippen LogP contribution is -2.44. The van der Waals surface area contributed by atoms with Gasteiger partial charge in [-0.15, -0.1) is 11.3 Å². The summed E-state index contributed by atoms with van der Waals surface area (Å²) in [6.45, 7) is 7.05. The van der Waals surface area contributed by atoms with Crippen LogP contribution in [0.1, 0.15) is 46.5 Å². The number of carbonyl (C=O) groups is 1. The number of ether oxygens (including phenoxy) is 1. The zero-order valence-corrected chi connectivity index (χ0v) is 23.3. The molecule has 2 aromatic heterocycles. The molecule has 0 unspecified atom stereocenters. The van der Waals surface area contributed by atoms with Crippen molar-refractivity contribution in [3.8, 4) is 5.75 Å². The standard InChI is InChI=1S/C32H36N4O2S/c1-23-2-5-27(6-3-23)36-18-12-28(13-19-36)38-29-7-4-25-20-31(39-30(25)21-29)32(37)34-26-10-16-35(17-11-26)22-24-8-14-33-15-9-24/h2-9,14-15,20-21,26,28H,10-13,16-19,22H2,1H3,(H,34,37). The molecule has 0 atom stereocenters. The van der Waals surface area contributed by atoms with Crippen molar-refractivity contribution in [2.45, 2.75) is 51.3 Å². The number of amides is 1. The van der Waals surface area contributed by atoms with E-state index in [0.717, 1.165) is 79.1 Å². The minimum atomic E-state index is 0.0368. The zero-order chi connectivity index (χ0) is 26.6. The van der Waals surface area contributed by atoms with Gasteiger partial charge in [-0.2, -0.15) is 0 Å². The first kappa shape index (κ1) is 25.8. The first-order valence-corrected chi connectivity index (χ1v) is 14.8. The van der Waals surface area contributed by atoms with Crippen molar-refractivity contribution in [1.82, 2.24) is 15.2 Å². The fourth-order valence-corrected chi connectivity index (χ4v) is 6.61. The Balaban J connectivity index is 0.999. The Morgan fingerprint density at radius 2 is 1.69 bits per heavy atom. The lowest BCUT2D eigenvalue weighted by molar-refractivity contribution is 0.0913. The molecule has 2 fully saturated rings. The fourth-order valence-electron chi connectivity index (χ4n) is 5.61. The number of nitrogens with one attached hydrogen (secondary N) is 1. The summed E-state index contributed by atoms with van der Waals surface area (Å²) < 4.78 is 7.48. The second kappa shape index (κ2) is 11.8. The monoisotopic (exact) mass is 540 g/mol. The summed E-state index contributed by atoms with van der Waals surface area (Å²) in [7, 11) is 0. The maximum atomic E-state index is 13.1. The van der Waals surface area contributed by atoms with Gasteiger partial charge in [0.2, 0.25) is 0 Å². The third kappa shape index (κ3) is 6.43.